The maximum atomic E-state index is 11.9. The van der Waals surface area contributed by atoms with Crippen LogP contribution in [0.2, 0.25) is 0 Å². The van der Waals surface area contributed by atoms with Gasteiger partial charge in [-0.3, -0.25) is 0 Å². The van der Waals surface area contributed by atoms with Crippen molar-refractivity contribution in [1.29, 1.82) is 0 Å². The van der Waals surface area contributed by atoms with Crippen molar-refractivity contribution in [2.45, 2.75) is 39.2 Å². The molecule has 0 aliphatic carbocycles. The summed E-state index contributed by atoms with van der Waals surface area (Å²) < 4.78 is 11.9. The molecule has 0 fully saturated rings. The van der Waals surface area contributed by atoms with E-state index in [0.29, 0.717) is 12.8 Å². The van der Waals surface area contributed by atoms with Crippen LogP contribution in [0.4, 0.5) is 4.39 Å². The second-order valence-electron chi connectivity index (χ2n) is 2.43. The maximum Gasteiger partial charge on any atom is 0.0929 e. The summed E-state index contributed by atoms with van der Waals surface area (Å²) >= 11 is 0. The van der Waals surface area contributed by atoms with Crippen molar-refractivity contribution in [3.8, 4) is 0 Å². The van der Waals surface area contributed by atoms with E-state index >= 15 is 0 Å². The highest BCUT2D eigenvalue weighted by Gasteiger charge is 2.00. The van der Waals surface area contributed by atoms with Crippen LogP contribution >= 0.6 is 0 Å². The first kappa shape index (κ1) is 14.1. The molecule has 74 valence electrons. The minimum atomic E-state index is -0.363. The molecule has 12 heavy (non-hydrogen) atoms. The molecule has 0 aromatic heterocycles. The zero-order valence-electron chi connectivity index (χ0n) is 7.89. The van der Waals surface area contributed by atoms with Crippen molar-refractivity contribution in [3.63, 3.8) is 0 Å². The lowest BCUT2D eigenvalue weighted by Crippen LogP contribution is -2.03. The molecular formula is C9H19FO2. The molecule has 0 saturated carbocycles. The minimum absolute atomic E-state index is 0.250. The Bertz CT molecular complexity index is 105. The summed E-state index contributed by atoms with van der Waals surface area (Å²) in [6, 6.07) is 0. The highest BCUT2D eigenvalue weighted by molar-refractivity contribution is 4.79. The van der Waals surface area contributed by atoms with Gasteiger partial charge in [0.2, 0.25) is 0 Å². The van der Waals surface area contributed by atoms with Gasteiger partial charge in [-0.1, -0.05) is 13.5 Å². The van der Waals surface area contributed by atoms with E-state index in [0.717, 1.165) is 0 Å². The Hall–Kier alpha value is -0.410. The van der Waals surface area contributed by atoms with Crippen LogP contribution in [0.25, 0.3) is 0 Å². The van der Waals surface area contributed by atoms with Gasteiger partial charge in [0, 0.05) is 13.0 Å². The van der Waals surface area contributed by atoms with Gasteiger partial charge in [0.15, 0.2) is 0 Å². The zero-order valence-corrected chi connectivity index (χ0v) is 7.89. The third-order valence-electron chi connectivity index (χ3n) is 1.22. The standard InChI is InChI=1S/C7H13FO.C2H6O/c1-3-7(9)5-4-6(2)8;1-2-3/h7,9H,2-5H2,1H3;3H,2H2,1H3/t7-;/m1./s1. The summed E-state index contributed by atoms with van der Waals surface area (Å²) in [7, 11) is 0. The molecule has 0 aliphatic heterocycles. The second-order valence-corrected chi connectivity index (χ2v) is 2.43. The molecule has 1 atom stereocenters. The summed E-state index contributed by atoms with van der Waals surface area (Å²) in [5.74, 6) is -0.345. The summed E-state index contributed by atoms with van der Waals surface area (Å²) in [5.41, 5.74) is 0. The Kier molecular flexibility index (Phi) is 12.5. The molecule has 0 aliphatic rings. The number of hydrogen-bond donors (Lipinski definition) is 2. The lowest BCUT2D eigenvalue weighted by molar-refractivity contribution is 0.158. The van der Waals surface area contributed by atoms with E-state index in [9.17, 15) is 4.39 Å². The number of allylic oxidation sites excluding steroid dienone is 1. The average Bonchev–Trinajstić information content (AvgIpc) is 2.01. The molecule has 0 amide bonds. The van der Waals surface area contributed by atoms with Gasteiger partial charge in [-0.25, -0.2) is 4.39 Å². The fourth-order valence-electron chi connectivity index (χ4n) is 0.527. The largest absolute Gasteiger partial charge is 0.397 e. The van der Waals surface area contributed by atoms with Gasteiger partial charge in [-0.15, -0.1) is 0 Å². The second kappa shape index (κ2) is 10.6. The Morgan fingerprint density at radius 3 is 2.17 bits per heavy atom. The fourth-order valence-corrected chi connectivity index (χ4v) is 0.527. The molecule has 0 heterocycles. The summed E-state index contributed by atoms with van der Waals surface area (Å²) in [6.07, 6.45) is 1.10. The highest BCUT2D eigenvalue weighted by Crippen LogP contribution is 2.07. The van der Waals surface area contributed by atoms with Crippen LogP contribution < -0.4 is 0 Å². The lowest BCUT2D eigenvalue weighted by Gasteiger charge is -2.03. The first-order valence-electron chi connectivity index (χ1n) is 4.20. The van der Waals surface area contributed by atoms with Crippen LogP contribution in [-0.2, 0) is 0 Å². The van der Waals surface area contributed by atoms with E-state index in [2.05, 4.69) is 6.58 Å². The van der Waals surface area contributed by atoms with Crippen LogP contribution in [0.15, 0.2) is 12.4 Å². The summed E-state index contributed by atoms with van der Waals surface area (Å²) in [4.78, 5) is 0. The smallest absolute Gasteiger partial charge is 0.0929 e. The molecule has 2 nitrogen and oxygen atoms in total. The molecular weight excluding hydrogens is 159 g/mol. The van der Waals surface area contributed by atoms with Crippen LogP contribution in [0.1, 0.15) is 33.1 Å². The predicted molar refractivity (Wildman–Crippen MR) is 48.5 cm³/mol. The number of halogens is 1. The lowest BCUT2D eigenvalue weighted by atomic mass is 10.1. The van der Waals surface area contributed by atoms with E-state index in [1.165, 1.54) is 0 Å². The third-order valence-corrected chi connectivity index (χ3v) is 1.22. The molecule has 0 rings (SSSR count). The van der Waals surface area contributed by atoms with E-state index in [4.69, 9.17) is 10.2 Å². The van der Waals surface area contributed by atoms with Gasteiger partial charge in [0.25, 0.3) is 0 Å². The zero-order chi connectivity index (χ0) is 9.98. The maximum absolute atomic E-state index is 11.9. The summed E-state index contributed by atoms with van der Waals surface area (Å²) in [5, 5.41) is 16.5. The van der Waals surface area contributed by atoms with Crippen molar-refractivity contribution in [1.82, 2.24) is 0 Å². The topological polar surface area (TPSA) is 40.5 Å². The first-order chi connectivity index (χ1) is 5.58. The Balaban J connectivity index is 0. The minimum Gasteiger partial charge on any atom is -0.397 e. The summed E-state index contributed by atoms with van der Waals surface area (Å²) in [6.45, 7) is 6.88. The van der Waals surface area contributed by atoms with Crippen molar-refractivity contribution < 1.29 is 14.6 Å². The van der Waals surface area contributed by atoms with Gasteiger partial charge in [0.05, 0.1) is 11.9 Å². The van der Waals surface area contributed by atoms with Crippen LogP contribution in [0, 0.1) is 0 Å². The Morgan fingerprint density at radius 2 is 1.92 bits per heavy atom. The highest BCUT2D eigenvalue weighted by atomic mass is 19.1. The number of rotatable bonds is 4. The SMILES string of the molecule is C=C(F)CC[C@H](O)CC.CCO. The van der Waals surface area contributed by atoms with E-state index in [1.54, 1.807) is 6.92 Å². The van der Waals surface area contributed by atoms with E-state index < -0.39 is 0 Å². The van der Waals surface area contributed by atoms with E-state index in [1.807, 2.05) is 6.92 Å². The van der Waals surface area contributed by atoms with Crippen molar-refractivity contribution in [2.24, 2.45) is 0 Å². The molecule has 3 heteroatoms. The van der Waals surface area contributed by atoms with Crippen LogP contribution in [-0.4, -0.2) is 22.9 Å². The van der Waals surface area contributed by atoms with Gasteiger partial charge < -0.3 is 10.2 Å². The Labute approximate surface area is 73.7 Å². The van der Waals surface area contributed by atoms with Crippen molar-refractivity contribution in [3.05, 3.63) is 12.4 Å². The predicted octanol–water partition coefficient (Wildman–Crippen LogP) is 2.02. The van der Waals surface area contributed by atoms with Crippen molar-refractivity contribution in [2.75, 3.05) is 6.61 Å². The molecule has 0 saturated heterocycles. The molecule has 0 spiro atoms. The van der Waals surface area contributed by atoms with Gasteiger partial charge >= 0.3 is 0 Å². The monoisotopic (exact) mass is 178 g/mol. The van der Waals surface area contributed by atoms with Crippen LogP contribution in [0.3, 0.4) is 0 Å². The van der Waals surface area contributed by atoms with Crippen molar-refractivity contribution >= 4 is 0 Å². The number of hydrogen-bond acceptors (Lipinski definition) is 2. The first-order valence-corrected chi connectivity index (χ1v) is 4.20. The quantitative estimate of drug-likeness (QED) is 0.691. The Morgan fingerprint density at radius 1 is 1.50 bits per heavy atom. The third kappa shape index (κ3) is 16.3. The van der Waals surface area contributed by atoms with Gasteiger partial charge in [0.1, 0.15) is 0 Å². The van der Waals surface area contributed by atoms with Gasteiger partial charge in [-0.05, 0) is 19.8 Å². The van der Waals surface area contributed by atoms with Crippen LogP contribution in [0.5, 0.6) is 0 Å². The van der Waals surface area contributed by atoms with E-state index in [-0.39, 0.29) is 25.0 Å². The molecule has 0 unspecified atom stereocenters. The fraction of sp³-hybridized carbons (Fsp3) is 0.778. The van der Waals surface area contributed by atoms with Gasteiger partial charge in [-0.2, -0.15) is 0 Å². The average molecular weight is 178 g/mol. The number of aliphatic hydroxyl groups excluding tert-OH is 2. The number of aliphatic hydroxyl groups is 2. The molecule has 0 radical (unpaired) electrons. The normalized spacial score (nSPS) is 11.4. The molecule has 0 aromatic carbocycles. The molecule has 0 bridgehead atoms. The molecule has 2 N–H and O–H groups in total. The molecule has 0 aromatic rings.